The summed E-state index contributed by atoms with van der Waals surface area (Å²) in [7, 11) is 0. The molecule has 7 heteroatoms. The molecule has 0 unspecified atom stereocenters. The van der Waals surface area contributed by atoms with Gasteiger partial charge in [0.15, 0.2) is 0 Å². The Morgan fingerprint density at radius 1 is 1.18 bits per heavy atom. The summed E-state index contributed by atoms with van der Waals surface area (Å²) >= 11 is 0. The Morgan fingerprint density at radius 3 is 2.32 bits per heavy atom. The van der Waals surface area contributed by atoms with Crippen molar-refractivity contribution in [3.05, 3.63) is 29.8 Å². The van der Waals surface area contributed by atoms with Crippen LogP contribution in [0.5, 0.6) is 5.75 Å². The first-order valence-electron chi connectivity index (χ1n) is 6.93. The van der Waals surface area contributed by atoms with Crippen LogP contribution in [-0.4, -0.2) is 41.5 Å². The standard InChI is InChI=1S/C15H20FNO5/c16-6-1-7-22-12-4-2-10(3-5-12)8-11(14(18)19)9-13(17)15(20)21/h2-5,11,13H,1,6-9,17H2,(H,18,19)(H,20,21)/t11-,13-/m1/s1. The maximum atomic E-state index is 12.0. The van der Waals surface area contributed by atoms with Crippen molar-refractivity contribution in [1.82, 2.24) is 0 Å². The fourth-order valence-corrected chi connectivity index (χ4v) is 1.93. The minimum Gasteiger partial charge on any atom is -0.494 e. The predicted octanol–water partition coefficient (Wildman–Crippen LogP) is 1.47. The summed E-state index contributed by atoms with van der Waals surface area (Å²) in [5.41, 5.74) is 6.13. The van der Waals surface area contributed by atoms with Gasteiger partial charge in [0.1, 0.15) is 11.8 Å². The van der Waals surface area contributed by atoms with Gasteiger partial charge >= 0.3 is 11.9 Å². The Labute approximate surface area is 127 Å². The molecule has 6 nitrogen and oxygen atoms in total. The number of carboxylic acids is 2. The van der Waals surface area contributed by atoms with Crippen molar-refractivity contribution in [2.75, 3.05) is 13.3 Å². The maximum Gasteiger partial charge on any atom is 0.320 e. The van der Waals surface area contributed by atoms with Gasteiger partial charge in [0, 0.05) is 6.42 Å². The number of aliphatic carboxylic acids is 2. The topological polar surface area (TPSA) is 110 Å². The van der Waals surface area contributed by atoms with Crippen molar-refractivity contribution in [2.45, 2.75) is 25.3 Å². The van der Waals surface area contributed by atoms with Crippen LogP contribution in [0.3, 0.4) is 0 Å². The Kier molecular flexibility index (Phi) is 7.31. The highest BCUT2D eigenvalue weighted by molar-refractivity contribution is 5.76. The van der Waals surface area contributed by atoms with Crippen molar-refractivity contribution in [3.63, 3.8) is 0 Å². The second kappa shape index (κ2) is 8.99. The molecule has 0 fully saturated rings. The zero-order chi connectivity index (χ0) is 16.5. The molecule has 2 atom stereocenters. The van der Waals surface area contributed by atoms with Gasteiger partial charge in [-0.25, -0.2) is 0 Å². The molecule has 0 aliphatic rings. The normalized spacial score (nSPS) is 13.4. The molecule has 0 aromatic heterocycles. The van der Waals surface area contributed by atoms with Crippen molar-refractivity contribution in [1.29, 1.82) is 0 Å². The third-order valence-corrected chi connectivity index (χ3v) is 3.16. The van der Waals surface area contributed by atoms with E-state index in [1.807, 2.05) is 0 Å². The van der Waals surface area contributed by atoms with Gasteiger partial charge in [0.2, 0.25) is 0 Å². The van der Waals surface area contributed by atoms with Gasteiger partial charge in [-0.3, -0.25) is 14.0 Å². The van der Waals surface area contributed by atoms with Crippen molar-refractivity contribution >= 4 is 11.9 Å². The van der Waals surface area contributed by atoms with E-state index < -0.39 is 30.6 Å². The first-order chi connectivity index (χ1) is 10.4. The summed E-state index contributed by atoms with van der Waals surface area (Å²) in [6.45, 7) is -0.163. The zero-order valence-corrected chi connectivity index (χ0v) is 12.1. The van der Waals surface area contributed by atoms with Gasteiger partial charge in [0.05, 0.1) is 19.2 Å². The summed E-state index contributed by atoms with van der Waals surface area (Å²) in [5.74, 6) is -2.60. The third kappa shape index (κ3) is 6.09. The molecule has 122 valence electrons. The number of benzene rings is 1. The zero-order valence-electron chi connectivity index (χ0n) is 12.1. The van der Waals surface area contributed by atoms with Crippen LogP contribution in [0.2, 0.25) is 0 Å². The Balaban J connectivity index is 2.62. The minimum atomic E-state index is -1.22. The fourth-order valence-electron chi connectivity index (χ4n) is 1.93. The number of carboxylic acid groups (broad SMARTS) is 2. The highest BCUT2D eigenvalue weighted by Gasteiger charge is 2.24. The highest BCUT2D eigenvalue weighted by atomic mass is 19.1. The summed E-state index contributed by atoms with van der Waals surface area (Å²) < 4.78 is 17.2. The van der Waals surface area contributed by atoms with Gasteiger partial charge in [0.25, 0.3) is 0 Å². The molecule has 0 heterocycles. The SMILES string of the molecule is N[C@H](C[C@@H](Cc1ccc(OCCCF)cc1)C(=O)O)C(=O)O. The molecule has 22 heavy (non-hydrogen) atoms. The average Bonchev–Trinajstić information content (AvgIpc) is 2.48. The Hall–Kier alpha value is -2.15. The summed E-state index contributed by atoms with van der Waals surface area (Å²) in [5, 5.41) is 17.9. The van der Waals surface area contributed by atoms with E-state index in [0.29, 0.717) is 12.2 Å². The number of alkyl halides is 1. The molecule has 4 N–H and O–H groups in total. The fraction of sp³-hybridized carbons (Fsp3) is 0.467. The van der Waals surface area contributed by atoms with E-state index in [1.54, 1.807) is 24.3 Å². The van der Waals surface area contributed by atoms with Crippen LogP contribution < -0.4 is 10.5 Å². The van der Waals surface area contributed by atoms with E-state index in [4.69, 9.17) is 20.7 Å². The first-order valence-corrected chi connectivity index (χ1v) is 6.93. The molecule has 1 aromatic rings. The molecular formula is C15H20FNO5. The van der Waals surface area contributed by atoms with E-state index in [9.17, 15) is 14.0 Å². The third-order valence-electron chi connectivity index (χ3n) is 3.16. The van der Waals surface area contributed by atoms with Crippen LogP contribution in [0.15, 0.2) is 24.3 Å². The Bertz CT molecular complexity index is 491. The number of nitrogens with two attached hydrogens (primary N) is 1. The van der Waals surface area contributed by atoms with E-state index >= 15 is 0 Å². The van der Waals surface area contributed by atoms with E-state index in [0.717, 1.165) is 5.56 Å². The van der Waals surface area contributed by atoms with Gasteiger partial charge in [-0.2, -0.15) is 0 Å². The van der Waals surface area contributed by atoms with Gasteiger partial charge in [-0.15, -0.1) is 0 Å². The summed E-state index contributed by atoms with van der Waals surface area (Å²) in [6, 6.07) is 5.54. The van der Waals surface area contributed by atoms with Crippen LogP contribution in [0.25, 0.3) is 0 Å². The van der Waals surface area contributed by atoms with Gasteiger partial charge in [-0.05, 0) is 30.5 Å². The first kappa shape index (κ1) is 17.9. The largest absolute Gasteiger partial charge is 0.494 e. The van der Waals surface area contributed by atoms with Gasteiger partial charge < -0.3 is 20.7 Å². The number of hydrogen-bond acceptors (Lipinski definition) is 4. The number of hydrogen-bond donors (Lipinski definition) is 3. The van der Waals surface area contributed by atoms with E-state index in [-0.39, 0.29) is 19.4 Å². The molecule has 0 aliphatic heterocycles. The lowest BCUT2D eigenvalue weighted by Gasteiger charge is -2.15. The van der Waals surface area contributed by atoms with Crippen LogP contribution in [0.4, 0.5) is 4.39 Å². The van der Waals surface area contributed by atoms with Crippen LogP contribution in [-0.2, 0) is 16.0 Å². The van der Waals surface area contributed by atoms with E-state index in [2.05, 4.69) is 0 Å². The molecule has 0 aliphatic carbocycles. The summed E-state index contributed by atoms with van der Waals surface area (Å²) in [4.78, 5) is 21.9. The highest BCUT2D eigenvalue weighted by Crippen LogP contribution is 2.18. The molecule has 0 saturated carbocycles. The quantitative estimate of drug-likeness (QED) is 0.564. The van der Waals surface area contributed by atoms with E-state index in [1.165, 1.54) is 0 Å². The average molecular weight is 313 g/mol. The van der Waals surface area contributed by atoms with Crippen molar-refractivity contribution < 1.29 is 28.9 Å². The number of ether oxygens (including phenoxy) is 1. The van der Waals surface area contributed by atoms with Crippen molar-refractivity contribution in [2.24, 2.45) is 11.7 Å². The minimum absolute atomic E-state index is 0.139. The molecule has 1 aromatic carbocycles. The second-order valence-corrected chi connectivity index (χ2v) is 4.95. The number of carbonyl (C=O) groups is 2. The molecule has 1 rings (SSSR count). The van der Waals surface area contributed by atoms with Crippen LogP contribution in [0, 0.1) is 5.92 Å². The summed E-state index contributed by atoms with van der Waals surface area (Å²) in [6.07, 6.45) is 0.358. The maximum absolute atomic E-state index is 12.0. The molecule has 0 spiro atoms. The molecule has 0 amide bonds. The van der Waals surface area contributed by atoms with Crippen molar-refractivity contribution in [3.8, 4) is 5.75 Å². The molecule has 0 saturated heterocycles. The molecule has 0 radical (unpaired) electrons. The number of halogens is 1. The smallest absolute Gasteiger partial charge is 0.320 e. The van der Waals surface area contributed by atoms with Crippen LogP contribution in [0.1, 0.15) is 18.4 Å². The Morgan fingerprint density at radius 2 is 1.82 bits per heavy atom. The molecule has 0 bridgehead atoms. The second-order valence-electron chi connectivity index (χ2n) is 4.95. The monoisotopic (exact) mass is 313 g/mol. The number of rotatable bonds is 10. The lowest BCUT2D eigenvalue weighted by atomic mass is 9.93. The molecular weight excluding hydrogens is 293 g/mol. The lowest BCUT2D eigenvalue weighted by molar-refractivity contribution is -0.143. The van der Waals surface area contributed by atoms with Crippen LogP contribution >= 0.6 is 0 Å². The van der Waals surface area contributed by atoms with Gasteiger partial charge in [-0.1, -0.05) is 12.1 Å². The predicted molar refractivity (Wildman–Crippen MR) is 77.6 cm³/mol. The lowest BCUT2D eigenvalue weighted by Crippen LogP contribution is -2.35.